The van der Waals surface area contributed by atoms with Crippen molar-refractivity contribution >= 4 is 45.0 Å². The van der Waals surface area contributed by atoms with Gasteiger partial charge in [-0.3, -0.25) is 0 Å². The maximum absolute atomic E-state index is 11.1. The molecule has 0 fully saturated rings. The normalized spacial score (nSPS) is 10.9. The molecule has 21 heavy (non-hydrogen) atoms. The molecule has 0 aliphatic heterocycles. The second-order valence-corrected chi connectivity index (χ2v) is 5.73. The van der Waals surface area contributed by atoms with Crippen LogP contribution in [0.3, 0.4) is 0 Å². The SMILES string of the molecule is Cc1c(Nc2nc(Cl)nc(Cl)n2)cccc1S(=O)(=O)[O-].[Na+]. The molecule has 2 aromatic rings. The van der Waals surface area contributed by atoms with Crippen LogP contribution in [0.4, 0.5) is 11.6 Å². The number of hydrogen-bond donors (Lipinski definition) is 1. The quantitative estimate of drug-likeness (QED) is 0.562. The number of nitrogens with one attached hydrogen (secondary N) is 1. The number of hydrogen-bond acceptors (Lipinski definition) is 7. The Morgan fingerprint density at radius 3 is 2.24 bits per heavy atom. The predicted octanol–water partition coefficient (Wildman–Crippen LogP) is -0.861. The van der Waals surface area contributed by atoms with Crippen LogP contribution in [0, 0.1) is 6.92 Å². The second-order valence-electron chi connectivity index (χ2n) is 3.70. The largest absolute Gasteiger partial charge is 1.00 e. The van der Waals surface area contributed by atoms with Crippen molar-refractivity contribution in [1.82, 2.24) is 15.0 Å². The van der Waals surface area contributed by atoms with Crippen LogP contribution in [0.5, 0.6) is 0 Å². The summed E-state index contributed by atoms with van der Waals surface area (Å²) in [5.74, 6) is 0.0403. The third-order valence-corrected chi connectivity index (χ3v) is 3.70. The van der Waals surface area contributed by atoms with E-state index in [4.69, 9.17) is 23.2 Å². The Balaban J connectivity index is 0.00000220. The number of benzene rings is 1. The summed E-state index contributed by atoms with van der Waals surface area (Å²) in [6, 6.07) is 4.20. The zero-order valence-corrected chi connectivity index (χ0v) is 15.3. The number of aromatic nitrogens is 3. The molecule has 0 aliphatic rings. The second kappa shape index (κ2) is 7.19. The smallest absolute Gasteiger partial charge is 0.744 e. The predicted molar refractivity (Wildman–Crippen MR) is 72.3 cm³/mol. The van der Waals surface area contributed by atoms with E-state index < -0.39 is 10.1 Å². The Hall–Kier alpha value is -0.480. The van der Waals surface area contributed by atoms with Crippen molar-refractivity contribution in [2.24, 2.45) is 0 Å². The molecule has 11 heteroatoms. The molecule has 0 saturated heterocycles. The zero-order chi connectivity index (χ0) is 14.9. The van der Waals surface area contributed by atoms with Crippen molar-refractivity contribution in [1.29, 1.82) is 0 Å². The van der Waals surface area contributed by atoms with Crippen molar-refractivity contribution in [3.63, 3.8) is 0 Å². The molecule has 1 aromatic carbocycles. The van der Waals surface area contributed by atoms with E-state index >= 15 is 0 Å². The third-order valence-electron chi connectivity index (χ3n) is 2.38. The summed E-state index contributed by atoms with van der Waals surface area (Å²) in [7, 11) is -4.56. The first-order chi connectivity index (χ1) is 9.27. The first-order valence-corrected chi connectivity index (χ1v) is 7.33. The molecular weight excluding hydrogens is 350 g/mol. The van der Waals surface area contributed by atoms with Gasteiger partial charge in [0.2, 0.25) is 16.5 Å². The Morgan fingerprint density at radius 2 is 1.71 bits per heavy atom. The van der Waals surface area contributed by atoms with Gasteiger partial charge in [-0.2, -0.15) is 15.0 Å². The number of rotatable bonds is 3. The van der Waals surface area contributed by atoms with Gasteiger partial charge in [-0.1, -0.05) is 6.07 Å². The molecule has 0 saturated carbocycles. The van der Waals surface area contributed by atoms with Crippen molar-refractivity contribution < 1.29 is 42.5 Å². The van der Waals surface area contributed by atoms with Crippen LogP contribution >= 0.6 is 23.2 Å². The molecule has 1 aromatic heterocycles. The minimum absolute atomic E-state index is 0. The Labute approximate surface area is 153 Å². The van der Waals surface area contributed by atoms with E-state index in [1.54, 1.807) is 6.07 Å². The van der Waals surface area contributed by atoms with E-state index in [-0.39, 0.29) is 56.5 Å². The molecule has 0 radical (unpaired) electrons. The van der Waals surface area contributed by atoms with E-state index in [0.717, 1.165) is 0 Å². The first-order valence-electron chi connectivity index (χ1n) is 5.17. The van der Waals surface area contributed by atoms with Gasteiger partial charge in [0.05, 0.1) is 4.90 Å². The fraction of sp³-hybridized carbons (Fsp3) is 0.100. The zero-order valence-electron chi connectivity index (χ0n) is 11.0. The summed E-state index contributed by atoms with van der Waals surface area (Å²) in [4.78, 5) is 10.8. The topological polar surface area (TPSA) is 108 Å². The fourth-order valence-corrected chi connectivity index (χ4v) is 2.62. The van der Waals surface area contributed by atoms with Gasteiger partial charge < -0.3 is 9.87 Å². The van der Waals surface area contributed by atoms with Gasteiger partial charge in [0, 0.05) is 5.69 Å². The molecule has 0 atom stereocenters. The molecule has 2 rings (SSSR count). The van der Waals surface area contributed by atoms with Crippen LogP contribution in [0.25, 0.3) is 0 Å². The minimum atomic E-state index is -4.56. The Bertz CT molecular complexity index is 753. The van der Waals surface area contributed by atoms with Gasteiger partial charge in [-0.15, -0.1) is 0 Å². The number of nitrogens with zero attached hydrogens (tertiary/aromatic N) is 3. The van der Waals surface area contributed by atoms with Crippen molar-refractivity contribution in [2.45, 2.75) is 11.8 Å². The van der Waals surface area contributed by atoms with Gasteiger partial charge in [-0.05, 0) is 47.8 Å². The van der Waals surface area contributed by atoms with Gasteiger partial charge in [0.1, 0.15) is 10.1 Å². The molecule has 1 heterocycles. The fourth-order valence-electron chi connectivity index (χ4n) is 1.52. The van der Waals surface area contributed by atoms with Crippen LogP contribution in [-0.4, -0.2) is 27.9 Å². The molecule has 0 aliphatic carbocycles. The average Bonchev–Trinajstić information content (AvgIpc) is 2.29. The van der Waals surface area contributed by atoms with Crippen LogP contribution < -0.4 is 34.9 Å². The molecule has 0 unspecified atom stereocenters. The summed E-state index contributed by atoms with van der Waals surface area (Å²) in [5.41, 5.74) is 0.593. The molecule has 0 spiro atoms. The summed E-state index contributed by atoms with van der Waals surface area (Å²) < 4.78 is 33.3. The summed E-state index contributed by atoms with van der Waals surface area (Å²) in [6.45, 7) is 1.48. The standard InChI is InChI=1S/C10H8Cl2N4O3S.Na/c1-5-6(3-2-4-7(5)20(17,18)19)13-10-15-8(11)14-9(12)16-10;/h2-4H,1H3,(H,17,18,19)(H,13,14,15,16);/q;+1/p-1. The van der Waals surface area contributed by atoms with Crippen molar-refractivity contribution in [2.75, 3.05) is 5.32 Å². The van der Waals surface area contributed by atoms with Gasteiger partial charge >= 0.3 is 29.6 Å². The molecular formula is C10H7Cl2N4NaO3S. The molecule has 7 nitrogen and oxygen atoms in total. The Kier molecular flexibility index (Phi) is 6.36. The summed E-state index contributed by atoms with van der Waals surface area (Å²) in [6.07, 6.45) is 0. The number of halogens is 2. The van der Waals surface area contributed by atoms with Gasteiger partial charge in [0.15, 0.2) is 0 Å². The van der Waals surface area contributed by atoms with Crippen LogP contribution in [0.2, 0.25) is 10.6 Å². The maximum atomic E-state index is 11.1. The third kappa shape index (κ3) is 4.75. The van der Waals surface area contributed by atoms with E-state index in [9.17, 15) is 13.0 Å². The van der Waals surface area contributed by atoms with E-state index in [1.807, 2.05) is 0 Å². The first kappa shape index (κ1) is 18.6. The number of anilines is 2. The molecule has 0 amide bonds. The van der Waals surface area contributed by atoms with E-state index in [1.165, 1.54) is 19.1 Å². The van der Waals surface area contributed by atoms with Gasteiger partial charge in [-0.25, -0.2) is 8.42 Å². The molecule has 1 N–H and O–H groups in total. The summed E-state index contributed by atoms with van der Waals surface area (Å²) in [5, 5.41) is 2.51. The van der Waals surface area contributed by atoms with Gasteiger partial charge in [0.25, 0.3) is 0 Å². The summed E-state index contributed by atoms with van der Waals surface area (Å²) >= 11 is 11.3. The Morgan fingerprint density at radius 1 is 1.14 bits per heavy atom. The van der Waals surface area contributed by atoms with Crippen LogP contribution in [0.15, 0.2) is 23.1 Å². The minimum Gasteiger partial charge on any atom is -0.744 e. The van der Waals surface area contributed by atoms with Crippen molar-refractivity contribution in [3.8, 4) is 0 Å². The average molecular weight is 357 g/mol. The van der Waals surface area contributed by atoms with Crippen LogP contribution in [-0.2, 0) is 10.1 Å². The van der Waals surface area contributed by atoms with Crippen LogP contribution in [0.1, 0.15) is 5.56 Å². The van der Waals surface area contributed by atoms with E-state index in [0.29, 0.717) is 5.69 Å². The molecule has 106 valence electrons. The van der Waals surface area contributed by atoms with Crippen molar-refractivity contribution in [3.05, 3.63) is 34.3 Å². The van der Waals surface area contributed by atoms with E-state index in [2.05, 4.69) is 20.3 Å². The maximum Gasteiger partial charge on any atom is 1.00 e. The molecule has 0 bridgehead atoms. The monoisotopic (exact) mass is 356 g/mol.